The van der Waals surface area contributed by atoms with Crippen LogP contribution in [0.1, 0.15) is 35.4 Å². The van der Waals surface area contributed by atoms with E-state index in [-0.39, 0.29) is 22.7 Å². The number of likely N-dealkylation sites (tertiary alicyclic amines) is 1. The lowest BCUT2D eigenvalue weighted by atomic mass is 10.0. The quantitative estimate of drug-likeness (QED) is 0.920. The molecule has 6 nitrogen and oxygen atoms in total. The molecular weight excluding hydrogens is 333 g/mol. The first-order valence-corrected chi connectivity index (χ1v) is 8.29. The van der Waals surface area contributed by atoms with Crippen LogP contribution in [0.4, 0.5) is 4.39 Å². The van der Waals surface area contributed by atoms with E-state index in [1.807, 2.05) is 0 Å². The monoisotopic (exact) mass is 351 g/mol. The number of hydrogen-bond donors (Lipinski definition) is 1. The van der Waals surface area contributed by atoms with Crippen LogP contribution in [0.25, 0.3) is 5.69 Å². The fourth-order valence-corrected chi connectivity index (χ4v) is 3.21. The Balaban J connectivity index is 1.91. The summed E-state index contributed by atoms with van der Waals surface area (Å²) in [7, 11) is 0. The zero-order valence-corrected chi connectivity index (χ0v) is 14.1. The highest BCUT2D eigenvalue weighted by atomic mass is 35.5. The molecule has 0 aliphatic carbocycles. The summed E-state index contributed by atoms with van der Waals surface area (Å²) in [6.45, 7) is 2.87. The SMILES string of the molecule is Cc1c(C(=O)N2CCCCC2CN)nnn1-c1ccc(F)c(Cl)c1. The Morgan fingerprint density at radius 2 is 2.25 bits per heavy atom. The zero-order valence-electron chi connectivity index (χ0n) is 13.4. The van der Waals surface area contributed by atoms with Gasteiger partial charge in [0.2, 0.25) is 0 Å². The number of rotatable bonds is 3. The molecule has 8 heteroatoms. The van der Waals surface area contributed by atoms with Gasteiger partial charge in [0, 0.05) is 19.1 Å². The molecule has 24 heavy (non-hydrogen) atoms. The van der Waals surface area contributed by atoms with Crippen molar-refractivity contribution in [3.05, 3.63) is 40.4 Å². The predicted octanol–water partition coefficient (Wildman–Crippen LogP) is 2.32. The summed E-state index contributed by atoms with van der Waals surface area (Å²) in [5.74, 6) is -0.671. The minimum absolute atomic E-state index is 0.00509. The molecule has 1 aromatic carbocycles. The van der Waals surface area contributed by atoms with Crippen molar-refractivity contribution in [2.45, 2.75) is 32.2 Å². The largest absolute Gasteiger partial charge is 0.333 e. The summed E-state index contributed by atoms with van der Waals surface area (Å²) in [6.07, 6.45) is 2.94. The van der Waals surface area contributed by atoms with Crippen LogP contribution in [0.3, 0.4) is 0 Å². The van der Waals surface area contributed by atoms with Gasteiger partial charge in [0.25, 0.3) is 5.91 Å². The van der Waals surface area contributed by atoms with Crippen molar-refractivity contribution in [1.82, 2.24) is 19.9 Å². The molecule has 1 fully saturated rings. The summed E-state index contributed by atoms with van der Waals surface area (Å²) in [5, 5.41) is 8.06. The number of benzene rings is 1. The highest BCUT2D eigenvalue weighted by Gasteiger charge is 2.30. The summed E-state index contributed by atoms with van der Waals surface area (Å²) in [6, 6.07) is 4.29. The summed E-state index contributed by atoms with van der Waals surface area (Å²) in [4.78, 5) is 14.6. The molecule has 1 saturated heterocycles. The average molecular weight is 352 g/mol. The van der Waals surface area contributed by atoms with Gasteiger partial charge in [-0.15, -0.1) is 5.10 Å². The number of carbonyl (C=O) groups excluding carboxylic acids is 1. The molecule has 0 spiro atoms. The van der Waals surface area contributed by atoms with E-state index in [2.05, 4.69) is 10.3 Å². The highest BCUT2D eigenvalue weighted by Crippen LogP contribution is 2.22. The first-order valence-electron chi connectivity index (χ1n) is 7.91. The topological polar surface area (TPSA) is 77.0 Å². The molecule has 2 heterocycles. The minimum Gasteiger partial charge on any atom is -0.333 e. The van der Waals surface area contributed by atoms with Crippen LogP contribution < -0.4 is 5.73 Å². The molecule has 1 aromatic heterocycles. The molecule has 0 radical (unpaired) electrons. The van der Waals surface area contributed by atoms with Crippen molar-refractivity contribution in [2.24, 2.45) is 5.73 Å². The van der Waals surface area contributed by atoms with E-state index in [4.69, 9.17) is 17.3 Å². The van der Waals surface area contributed by atoms with Crippen LogP contribution in [0.2, 0.25) is 5.02 Å². The summed E-state index contributed by atoms with van der Waals surface area (Å²) in [5.41, 5.74) is 7.22. The Morgan fingerprint density at radius 3 is 2.96 bits per heavy atom. The van der Waals surface area contributed by atoms with E-state index in [0.717, 1.165) is 19.3 Å². The number of halogens is 2. The van der Waals surface area contributed by atoms with Crippen LogP contribution >= 0.6 is 11.6 Å². The summed E-state index contributed by atoms with van der Waals surface area (Å²) < 4.78 is 14.8. The van der Waals surface area contributed by atoms with Crippen molar-refractivity contribution < 1.29 is 9.18 Å². The van der Waals surface area contributed by atoms with Gasteiger partial charge in [-0.05, 0) is 44.4 Å². The molecule has 0 bridgehead atoms. The molecule has 1 unspecified atom stereocenters. The van der Waals surface area contributed by atoms with Crippen molar-refractivity contribution in [3.8, 4) is 5.69 Å². The van der Waals surface area contributed by atoms with Crippen molar-refractivity contribution in [2.75, 3.05) is 13.1 Å². The van der Waals surface area contributed by atoms with E-state index in [1.165, 1.54) is 16.8 Å². The maximum absolute atomic E-state index is 13.3. The van der Waals surface area contributed by atoms with Crippen LogP contribution in [0, 0.1) is 12.7 Å². The van der Waals surface area contributed by atoms with E-state index in [9.17, 15) is 9.18 Å². The molecule has 2 aromatic rings. The molecule has 3 rings (SSSR count). The van der Waals surface area contributed by atoms with Crippen LogP contribution in [-0.4, -0.2) is 44.9 Å². The van der Waals surface area contributed by atoms with Gasteiger partial charge in [0.15, 0.2) is 5.69 Å². The Bertz CT molecular complexity index is 763. The van der Waals surface area contributed by atoms with Crippen LogP contribution in [0.15, 0.2) is 18.2 Å². The third-order valence-corrected chi connectivity index (χ3v) is 4.69. The highest BCUT2D eigenvalue weighted by molar-refractivity contribution is 6.30. The first kappa shape index (κ1) is 16.9. The smallest absolute Gasteiger partial charge is 0.276 e. The zero-order chi connectivity index (χ0) is 17.3. The van der Waals surface area contributed by atoms with E-state index in [0.29, 0.717) is 24.5 Å². The fourth-order valence-electron chi connectivity index (χ4n) is 3.04. The maximum Gasteiger partial charge on any atom is 0.276 e. The van der Waals surface area contributed by atoms with Gasteiger partial charge >= 0.3 is 0 Å². The van der Waals surface area contributed by atoms with Crippen LogP contribution in [0.5, 0.6) is 0 Å². The molecule has 2 N–H and O–H groups in total. The van der Waals surface area contributed by atoms with Gasteiger partial charge in [0.1, 0.15) is 5.82 Å². The predicted molar refractivity (Wildman–Crippen MR) is 88.8 cm³/mol. The van der Waals surface area contributed by atoms with Gasteiger partial charge in [-0.25, -0.2) is 9.07 Å². The summed E-state index contributed by atoms with van der Waals surface area (Å²) >= 11 is 5.82. The Morgan fingerprint density at radius 1 is 1.46 bits per heavy atom. The standard InChI is InChI=1S/C16H19ClFN5O/c1-10-15(16(24)22-7-3-2-4-12(22)9-19)20-21-23(10)11-5-6-14(18)13(17)8-11/h5-6,8,12H,2-4,7,9,19H2,1H3. The van der Waals surface area contributed by atoms with Crippen molar-refractivity contribution in [3.63, 3.8) is 0 Å². The number of aromatic nitrogens is 3. The van der Waals surface area contributed by atoms with Gasteiger partial charge < -0.3 is 10.6 Å². The molecule has 1 amide bonds. The third kappa shape index (κ3) is 3.01. The second-order valence-corrected chi connectivity index (χ2v) is 6.32. The van der Waals surface area contributed by atoms with Gasteiger partial charge in [-0.3, -0.25) is 4.79 Å². The molecule has 1 atom stereocenters. The molecule has 128 valence electrons. The Labute approximate surface area is 144 Å². The number of nitrogens with zero attached hydrogens (tertiary/aromatic N) is 4. The molecular formula is C16H19ClFN5O. The lowest BCUT2D eigenvalue weighted by molar-refractivity contribution is 0.0616. The lowest BCUT2D eigenvalue weighted by Crippen LogP contribution is -2.47. The van der Waals surface area contributed by atoms with Gasteiger partial charge in [0.05, 0.1) is 16.4 Å². The average Bonchev–Trinajstić information content (AvgIpc) is 2.98. The van der Waals surface area contributed by atoms with Gasteiger partial charge in [-0.1, -0.05) is 16.8 Å². The minimum atomic E-state index is -0.506. The number of piperidine rings is 1. The normalized spacial score (nSPS) is 18.0. The van der Waals surface area contributed by atoms with Crippen molar-refractivity contribution in [1.29, 1.82) is 0 Å². The lowest BCUT2D eigenvalue weighted by Gasteiger charge is -2.34. The Hall–Kier alpha value is -1.99. The van der Waals surface area contributed by atoms with Crippen LogP contribution in [-0.2, 0) is 0 Å². The number of hydrogen-bond acceptors (Lipinski definition) is 4. The first-order chi connectivity index (χ1) is 11.5. The number of carbonyl (C=O) groups is 1. The fraction of sp³-hybridized carbons (Fsp3) is 0.438. The maximum atomic E-state index is 13.3. The molecule has 1 aliphatic heterocycles. The number of amides is 1. The third-order valence-electron chi connectivity index (χ3n) is 4.40. The van der Waals surface area contributed by atoms with E-state index in [1.54, 1.807) is 17.9 Å². The molecule has 1 aliphatic rings. The number of nitrogens with two attached hydrogens (primary N) is 1. The van der Waals surface area contributed by atoms with Gasteiger partial charge in [-0.2, -0.15) is 0 Å². The van der Waals surface area contributed by atoms with E-state index >= 15 is 0 Å². The Kier molecular flexibility index (Phi) is 4.82. The van der Waals surface area contributed by atoms with E-state index < -0.39 is 5.82 Å². The second kappa shape index (κ2) is 6.86. The van der Waals surface area contributed by atoms with Crippen molar-refractivity contribution >= 4 is 17.5 Å². The molecule has 0 saturated carbocycles. The second-order valence-electron chi connectivity index (χ2n) is 5.92.